The van der Waals surface area contributed by atoms with Crippen molar-refractivity contribution < 1.29 is 4.79 Å². The Labute approximate surface area is 159 Å². The Kier molecular flexibility index (Phi) is 5.45. The lowest BCUT2D eigenvalue weighted by Crippen LogP contribution is -2.15. The Bertz CT molecular complexity index is 885. The molecule has 0 saturated carbocycles. The summed E-state index contributed by atoms with van der Waals surface area (Å²) in [7, 11) is 0. The van der Waals surface area contributed by atoms with E-state index in [1.54, 1.807) is 12.4 Å². The van der Waals surface area contributed by atoms with E-state index >= 15 is 0 Å². The van der Waals surface area contributed by atoms with Gasteiger partial charge in [-0.25, -0.2) is 9.97 Å². The van der Waals surface area contributed by atoms with Crippen LogP contribution in [0.1, 0.15) is 42.5 Å². The van der Waals surface area contributed by atoms with Gasteiger partial charge in [0, 0.05) is 11.9 Å². The van der Waals surface area contributed by atoms with Crippen molar-refractivity contribution >= 4 is 17.4 Å². The van der Waals surface area contributed by atoms with Crippen molar-refractivity contribution in [1.82, 2.24) is 15.0 Å². The second kappa shape index (κ2) is 7.95. The second-order valence-electron chi connectivity index (χ2n) is 7.24. The summed E-state index contributed by atoms with van der Waals surface area (Å²) in [6.07, 6.45) is 4.74. The van der Waals surface area contributed by atoms with Crippen molar-refractivity contribution in [3.05, 3.63) is 78.0 Å². The zero-order valence-electron chi connectivity index (χ0n) is 15.7. The number of benzene rings is 1. The van der Waals surface area contributed by atoms with E-state index in [4.69, 9.17) is 0 Å². The molecule has 6 nitrogen and oxygen atoms in total. The largest absolute Gasteiger partial charge is 0.363 e. The van der Waals surface area contributed by atoms with Gasteiger partial charge in [0.1, 0.15) is 11.5 Å². The van der Waals surface area contributed by atoms with Gasteiger partial charge in [-0.2, -0.15) is 0 Å². The lowest BCUT2D eigenvalue weighted by molar-refractivity contribution is 0.102. The van der Waals surface area contributed by atoms with Crippen LogP contribution in [0.15, 0.2) is 61.1 Å². The second-order valence-corrected chi connectivity index (χ2v) is 7.24. The van der Waals surface area contributed by atoms with E-state index in [9.17, 15) is 4.79 Å². The van der Waals surface area contributed by atoms with Crippen molar-refractivity contribution in [3.8, 4) is 0 Å². The molecular weight excluding hydrogens is 338 g/mol. The standard InChI is InChI=1S/C21H23N5O/c1-21(2,3)15-7-9-16(10-8-15)26-20(27)18-13-25-19(14-23-18)24-12-17-6-4-5-11-22-17/h4-11,13-14H,12H2,1-3H3,(H,24,25)(H,26,27). The molecule has 2 aromatic heterocycles. The number of carbonyl (C=O) groups is 1. The Morgan fingerprint density at radius 1 is 0.963 bits per heavy atom. The van der Waals surface area contributed by atoms with E-state index in [-0.39, 0.29) is 17.0 Å². The van der Waals surface area contributed by atoms with Crippen LogP contribution in [0.4, 0.5) is 11.5 Å². The van der Waals surface area contributed by atoms with Gasteiger partial charge in [-0.1, -0.05) is 39.0 Å². The fourth-order valence-corrected chi connectivity index (χ4v) is 2.47. The summed E-state index contributed by atoms with van der Waals surface area (Å²) in [6.45, 7) is 7.00. The number of amides is 1. The van der Waals surface area contributed by atoms with Crippen molar-refractivity contribution in [1.29, 1.82) is 0 Å². The van der Waals surface area contributed by atoms with Gasteiger partial charge < -0.3 is 10.6 Å². The van der Waals surface area contributed by atoms with Gasteiger partial charge in [-0.3, -0.25) is 9.78 Å². The number of hydrogen-bond acceptors (Lipinski definition) is 5. The third-order valence-corrected chi connectivity index (χ3v) is 4.07. The van der Waals surface area contributed by atoms with Crippen LogP contribution in [0, 0.1) is 0 Å². The maximum absolute atomic E-state index is 12.3. The number of rotatable bonds is 5. The molecule has 138 valence electrons. The molecule has 0 radical (unpaired) electrons. The van der Waals surface area contributed by atoms with Crippen LogP contribution < -0.4 is 10.6 Å². The molecule has 27 heavy (non-hydrogen) atoms. The van der Waals surface area contributed by atoms with Gasteiger partial charge in [0.2, 0.25) is 0 Å². The molecule has 0 unspecified atom stereocenters. The minimum absolute atomic E-state index is 0.0755. The van der Waals surface area contributed by atoms with Crippen LogP contribution in [0.2, 0.25) is 0 Å². The number of anilines is 2. The third-order valence-electron chi connectivity index (χ3n) is 4.07. The predicted molar refractivity (Wildman–Crippen MR) is 107 cm³/mol. The van der Waals surface area contributed by atoms with Crippen LogP contribution in [0.5, 0.6) is 0 Å². The number of nitrogens with one attached hydrogen (secondary N) is 2. The zero-order valence-corrected chi connectivity index (χ0v) is 15.7. The van der Waals surface area contributed by atoms with E-state index in [0.29, 0.717) is 12.4 Å². The summed E-state index contributed by atoms with van der Waals surface area (Å²) < 4.78 is 0. The molecule has 6 heteroatoms. The number of aromatic nitrogens is 3. The molecule has 1 aromatic carbocycles. The predicted octanol–water partition coefficient (Wildman–Crippen LogP) is 4.03. The molecule has 3 aromatic rings. The molecule has 3 rings (SSSR count). The van der Waals surface area contributed by atoms with Gasteiger partial charge in [0.15, 0.2) is 0 Å². The first kappa shape index (κ1) is 18.5. The molecule has 0 saturated heterocycles. The number of nitrogens with zero attached hydrogens (tertiary/aromatic N) is 3. The molecule has 0 spiro atoms. The summed E-state index contributed by atoms with van der Waals surface area (Å²) in [5, 5.41) is 5.97. The fourth-order valence-electron chi connectivity index (χ4n) is 2.47. The normalized spacial score (nSPS) is 11.1. The Morgan fingerprint density at radius 3 is 2.33 bits per heavy atom. The fraction of sp³-hybridized carbons (Fsp3) is 0.238. The first-order valence-corrected chi connectivity index (χ1v) is 8.79. The molecule has 0 fully saturated rings. The Morgan fingerprint density at radius 2 is 1.74 bits per heavy atom. The first-order valence-electron chi connectivity index (χ1n) is 8.79. The van der Waals surface area contributed by atoms with E-state index < -0.39 is 0 Å². The van der Waals surface area contributed by atoms with Gasteiger partial charge in [0.25, 0.3) is 5.91 Å². The number of pyridine rings is 1. The molecule has 1 amide bonds. The summed E-state index contributed by atoms with van der Waals surface area (Å²) in [4.78, 5) is 25.0. The van der Waals surface area contributed by atoms with Crippen LogP contribution >= 0.6 is 0 Å². The smallest absolute Gasteiger partial charge is 0.275 e. The van der Waals surface area contributed by atoms with Gasteiger partial charge in [-0.15, -0.1) is 0 Å². The monoisotopic (exact) mass is 361 g/mol. The van der Waals surface area contributed by atoms with Crippen LogP contribution in [0.25, 0.3) is 0 Å². The van der Waals surface area contributed by atoms with E-state index in [0.717, 1.165) is 11.4 Å². The van der Waals surface area contributed by atoms with Crippen molar-refractivity contribution in [2.45, 2.75) is 32.7 Å². The third kappa shape index (κ3) is 5.10. The molecule has 2 N–H and O–H groups in total. The minimum Gasteiger partial charge on any atom is -0.363 e. The van der Waals surface area contributed by atoms with Crippen molar-refractivity contribution in [3.63, 3.8) is 0 Å². The van der Waals surface area contributed by atoms with Crippen molar-refractivity contribution in [2.75, 3.05) is 10.6 Å². The number of carbonyl (C=O) groups excluding carboxylic acids is 1. The molecule has 0 aliphatic carbocycles. The lowest BCUT2D eigenvalue weighted by atomic mass is 9.87. The summed E-state index contributed by atoms with van der Waals surface area (Å²) >= 11 is 0. The van der Waals surface area contributed by atoms with E-state index in [1.165, 1.54) is 11.8 Å². The molecular formula is C21H23N5O. The molecule has 0 aliphatic heterocycles. The van der Waals surface area contributed by atoms with Crippen LogP contribution in [-0.4, -0.2) is 20.9 Å². The highest BCUT2D eigenvalue weighted by Gasteiger charge is 2.14. The summed E-state index contributed by atoms with van der Waals surface area (Å²) in [5.41, 5.74) is 3.18. The van der Waals surface area contributed by atoms with Gasteiger partial charge in [-0.05, 0) is 35.2 Å². The lowest BCUT2D eigenvalue weighted by Gasteiger charge is -2.19. The van der Waals surface area contributed by atoms with E-state index in [1.807, 2.05) is 42.5 Å². The average molecular weight is 361 g/mol. The average Bonchev–Trinajstić information content (AvgIpc) is 2.67. The Balaban J connectivity index is 1.58. The highest BCUT2D eigenvalue weighted by molar-refractivity contribution is 6.02. The maximum atomic E-state index is 12.3. The molecule has 0 aliphatic rings. The molecule has 2 heterocycles. The van der Waals surface area contributed by atoms with Crippen LogP contribution in [0.3, 0.4) is 0 Å². The van der Waals surface area contributed by atoms with E-state index in [2.05, 4.69) is 46.4 Å². The SMILES string of the molecule is CC(C)(C)c1ccc(NC(=O)c2cnc(NCc3ccccn3)cn2)cc1. The van der Waals surface area contributed by atoms with Crippen molar-refractivity contribution in [2.24, 2.45) is 0 Å². The van der Waals surface area contributed by atoms with Gasteiger partial charge in [0.05, 0.1) is 24.6 Å². The van der Waals surface area contributed by atoms with Crippen LogP contribution in [-0.2, 0) is 12.0 Å². The highest BCUT2D eigenvalue weighted by Crippen LogP contribution is 2.23. The topological polar surface area (TPSA) is 79.8 Å². The summed E-state index contributed by atoms with van der Waals surface area (Å²) in [6, 6.07) is 13.6. The molecule has 0 bridgehead atoms. The highest BCUT2D eigenvalue weighted by atomic mass is 16.1. The number of hydrogen-bond donors (Lipinski definition) is 2. The first-order chi connectivity index (χ1) is 12.9. The molecule has 0 atom stereocenters. The summed E-state index contributed by atoms with van der Waals surface area (Å²) in [5.74, 6) is 0.300. The zero-order chi connectivity index (χ0) is 19.3. The quantitative estimate of drug-likeness (QED) is 0.717. The van der Waals surface area contributed by atoms with Gasteiger partial charge >= 0.3 is 0 Å². The Hall–Kier alpha value is -3.28. The minimum atomic E-state index is -0.290. The maximum Gasteiger partial charge on any atom is 0.275 e.